The van der Waals surface area contributed by atoms with Gasteiger partial charge in [0, 0.05) is 0 Å². The summed E-state index contributed by atoms with van der Waals surface area (Å²) >= 11 is 0. The van der Waals surface area contributed by atoms with E-state index < -0.39 is 41.6 Å². The van der Waals surface area contributed by atoms with Crippen LogP contribution < -0.4 is 11.1 Å². The predicted octanol–water partition coefficient (Wildman–Crippen LogP) is 1.40. The van der Waals surface area contributed by atoms with Gasteiger partial charge >= 0.3 is 6.09 Å². The third-order valence-corrected chi connectivity index (χ3v) is 3.86. The monoisotopic (exact) mass is 351 g/mol. The van der Waals surface area contributed by atoms with Crippen molar-refractivity contribution in [3.8, 4) is 12.3 Å². The van der Waals surface area contributed by atoms with Crippen LogP contribution in [0.2, 0.25) is 0 Å². The molecule has 3 N–H and O–H groups in total. The molecule has 1 rings (SSSR count). The second-order valence-corrected chi connectivity index (χ2v) is 7.75. The smallest absolute Gasteiger partial charge is 0.408 e. The number of nitrogens with one attached hydrogen (secondary N) is 1. The average Bonchev–Trinajstić information content (AvgIpc) is 2.87. The minimum atomic E-state index is -0.828. The van der Waals surface area contributed by atoms with Crippen LogP contribution in [0.4, 0.5) is 4.79 Å². The molecule has 3 atom stereocenters. The van der Waals surface area contributed by atoms with Crippen molar-refractivity contribution in [1.29, 1.82) is 0 Å². The van der Waals surface area contributed by atoms with E-state index in [-0.39, 0.29) is 5.92 Å². The highest BCUT2D eigenvalue weighted by Gasteiger charge is 2.42. The second kappa shape index (κ2) is 8.24. The zero-order chi connectivity index (χ0) is 19.4. The molecule has 1 heterocycles. The van der Waals surface area contributed by atoms with Gasteiger partial charge in [-0.3, -0.25) is 9.59 Å². The van der Waals surface area contributed by atoms with Gasteiger partial charge < -0.3 is 20.7 Å². The fraction of sp³-hybridized carbons (Fsp3) is 0.722. The molecule has 1 aliphatic heterocycles. The first-order chi connectivity index (χ1) is 11.5. The SMILES string of the molecule is C#C[C@H]1CC[C@@H](C(N)=O)N1C(=O)[C@H](CC(C)C)NC(=O)OC(C)(C)C. The standard InChI is InChI=1S/C18H29N3O4/c1-7-12-8-9-14(15(19)22)21(12)16(23)13(10-11(2)3)20-17(24)25-18(4,5)6/h1,11-14H,8-10H2,2-6H3,(H2,19,22)(H,20,24)/t12-,13-,14-/m0/s1. The maximum absolute atomic E-state index is 13.0. The molecule has 0 aliphatic carbocycles. The molecular formula is C18H29N3O4. The highest BCUT2D eigenvalue weighted by atomic mass is 16.6. The van der Waals surface area contributed by atoms with Crippen LogP contribution in [-0.2, 0) is 14.3 Å². The molecule has 25 heavy (non-hydrogen) atoms. The van der Waals surface area contributed by atoms with E-state index in [2.05, 4.69) is 11.2 Å². The number of hydrogen-bond acceptors (Lipinski definition) is 4. The quantitative estimate of drug-likeness (QED) is 0.731. The Bertz CT molecular complexity index is 560. The fourth-order valence-electron chi connectivity index (χ4n) is 2.88. The number of nitrogens with zero attached hydrogens (tertiary/aromatic N) is 1. The van der Waals surface area contributed by atoms with Crippen molar-refractivity contribution >= 4 is 17.9 Å². The maximum atomic E-state index is 13.0. The summed E-state index contributed by atoms with van der Waals surface area (Å²) in [7, 11) is 0. The summed E-state index contributed by atoms with van der Waals surface area (Å²) in [4.78, 5) is 38.1. The number of amides is 3. The van der Waals surface area contributed by atoms with Gasteiger partial charge in [-0.05, 0) is 46.0 Å². The van der Waals surface area contributed by atoms with E-state index in [0.717, 1.165) is 0 Å². The number of alkyl carbamates (subject to hydrolysis) is 1. The van der Waals surface area contributed by atoms with Gasteiger partial charge in [-0.15, -0.1) is 6.42 Å². The Morgan fingerprint density at radius 2 is 1.92 bits per heavy atom. The number of ether oxygens (including phenoxy) is 1. The molecule has 1 aliphatic rings. The first kappa shape index (κ1) is 20.8. The lowest BCUT2D eigenvalue weighted by atomic mass is 10.0. The Morgan fingerprint density at radius 3 is 2.36 bits per heavy atom. The number of carbonyl (C=O) groups is 3. The van der Waals surface area contributed by atoms with Crippen LogP contribution in [0.25, 0.3) is 0 Å². The molecule has 0 aromatic carbocycles. The van der Waals surface area contributed by atoms with Crippen molar-refractivity contribution in [1.82, 2.24) is 10.2 Å². The zero-order valence-corrected chi connectivity index (χ0v) is 15.7. The Balaban J connectivity index is 3.00. The van der Waals surface area contributed by atoms with Gasteiger partial charge in [0.15, 0.2) is 0 Å². The van der Waals surface area contributed by atoms with E-state index in [0.29, 0.717) is 19.3 Å². The summed E-state index contributed by atoms with van der Waals surface area (Å²) in [6.07, 6.45) is 6.16. The maximum Gasteiger partial charge on any atom is 0.408 e. The molecule has 0 aromatic rings. The number of hydrogen-bond donors (Lipinski definition) is 2. The average molecular weight is 351 g/mol. The van der Waals surface area contributed by atoms with E-state index in [1.807, 2.05) is 13.8 Å². The van der Waals surface area contributed by atoms with Gasteiger partial charge in [0.2, 0.25) is 11.8 Å². The van der Waals surface area contributed by atoms with Gasteiger partial charge in [0.05, 0.1) is 6.04 Å². The lowest BCUT2D eigenvalue weighted by molar-refractivity contribution is -0.140. The lowest BCUT2D eigenvalue weighted by Crippen LogP contribution is -2.55. The number of likely N-dealkylation sites (tertiary alicyclic amines) is 1. The number of carbonyl (C=O) groups excluding carboxylic acids is 3. The molecule has 7 nitrogen and oxygen atoms in total. The Kier molecular flexibility index (Phi) is 6.86. The summed E-state index contributed by atoms with van der Waals surface area (Å²) in [6.45, 7) is 9.09. The minimum absolute atomic E-state index is 0.141. The first-order valence-corrected chi connectivity index (χ1v) is 8.53. The fourth-order valence-corrected chi connectivity index (χ4v) is 2.88. The van der Waals surface area contributed by atoms with Crippen molar-refractivity contribution in [3.63, 3.8) is 0 Å². The Labute approximate surface area is 149 Å². The molecule has 0 radical (unpaired) electrons. The summed E-state index contributed by atoms with van der Waals surface area (Å²) in [6, 6.07) is -2.07. The molecule has 1 saturated heterocycles. The van der Waals surface area contributed by atoms with E-state index >= 15 is 0 Å². The van der Waals surface area contributed by atoms with Gasteiger partial charge in [-0.25, -0.2) is 4.79 Å². The van der Waals surface area contributed by atoms with Crippen LogP contribution in [0.15, 0.2) is 0 Å². The molecule has 1 fully saturated rings. The van der Waals surface area contributed by atoms with E-state index in [9.17, 15) is 14.4 Å². The number of primary amides is 1. The summed E-state index contributed by atoms with van der Waals surface area (Å²) < 4.78 is 5.24. The molecular weight excluding hydrogens is 322 g/mol. The number of rotatable bonds is 5. The van der Waals surface area contributed by atoms with Crippen molar-refractivity contribution in [2.24, 2.45) is 11.7 Å². The largest absolute Gasteiger partial charge is 0.444 e. The third-order valence-electron chi connectivity index (χ3n) is 3.86. The highest BCUT2D eigenvalue weighted by Crippen LogP contribution is 2.25. The van der Waals surface area contributed by atoms with Crippen molar-refractivity contribution in [2.75, 3.05) is 0 Å². The van der Waals surface area contributed by atoms with Gasteiger partial charge in [0.1, 0.15) is 17.7 Å². The molecule has 0 unspecified atom stereocenters. The summed E-state index contributed by atoms with van der Waals surface area (Å²) in [5.74, 6) is 1.68. The first-order valence-electron chi connectivity index (χ1n) is 8.53. The number of nitrogens with two attached hydrogens (primary N) is 1. The van der Waals surface area contributed by atoms with Crippen molar-refractivity contribution in [2.45, 2.75) is 77.6 Å². The molecule has 140 valence electrons. The van der Waals surface area contributed by atoms with E-state index in [1.165, 1.54) is 4.90 Å². The van der Waals surface area contributed by atoms with Crippen LogP contribution in [0, 0.1) is 18.3 Å². The van der Waals surface area contributed by atoms with Crippen molar-refractivity contribution in [3.05, 3.63) is 0 Å². The van der Waals surface area contributed by atoms with Crippen LogP contribution in [-0.4, -0.2) is 46.5 Å². The van der Waals surface area contributed by atoms with E-state index in [1.54, 1.807) is 20.8 Å². The second-order valence-electron chi connectivity index (χ2n) is 7.75. The molecule has 3 amide bonds. The van der Waals surface area contributed by atoms with Crippen LogP contribution in [0.5, 0.6) is 0 Å². The molecule has 7 heteroatoms. The van der Waals surface area contributed by atoms with Crippen LogP contribution >= 0.6 is 0 Å². The topological polar surface area (TPSA) is 102 Å². The Hall–Kier alpha value is -2.23. The molecule has 0 aromatic heterocycles. The zero-order valence-electron chi connectivity index (χ0n) is 15.7. The van der Waals surface area contributed by atoms with Crippen LogP contribution in [0.3, 0.4) is 0 Å². The summed E-state index contributed by atoms with van der Waals surface area (Å²) in [5.41, 5.74) is 4.74. The van der Waals surface area contributed by atoms with Crippen LogP contribution in [0.1, 0.15) is 53.9 Å². The predicted molar refractivity (Wildman–Crippen MR) is 94.3 cm³/mol. The Morgan fingerprint density at radius 1 is 1.32 bits per heavy atom. The van der Waals surface area contributed by atoms with Crippen molar-refractivity contribution < 1.29 is 19.1 Å². The van der Waals surface area contributed by atoms with Gasteiger partial charge in [-0.2, -0.15) is 0 Å². The molecule has 0 spiro atoms. The molecule has 0 saturated carbocycles. The molecule has 0 bridgehead atoms. The van der Waals surface area contributed by atoms with Gasteiger partial charge in [-0.1, -0.05) is 19.8 Å². The lowest BCUT2D eigenvalue weighted by Gasteiger charge is -2.31. The summed E-state index contributed by atoms with van der Waals surface area (Å²) in [5, 5.41) is 2.61. The minimum Gasteiger partial charge on any atom is -0.444 e. The van der Waals surface area contributed by atoms with E-state index in [4.69, 9.17) is 16.9 Å². The normalized spacial score (nSPS) is 21.6. The third kappa shape index (κ3) is 5.96. The number of terminal acetylenes is 1. The highest BCUT2D eigenvalue weighted by molar-refractivity contribution is 5.91. The van der Waals surface area contributed by atoms with Gasteiger partial charge in [0.25, 0.3) is 0 Å².